The highest BCUT2D eigenvalue weighted by Crippen LogP contribution is 2.24. The van der Waals surface area contributed by atoms with Crippen LogP contribution in [-0.4, -0.2) is 0 Å². The van der Waals surface area contributed by atoms with Crippen LogP contribution in [0.15, 0.2) is 47.6 Å². The molecule has 0 fully saturated rings. The van der Waals surface area contributed by atoms with E-state index >= 15 is 0 Å². The fraction of sp³-hybridized carbons (Fsp3) is 0. The van der Waals surface area contributed by atoms with Gasteiger partial charge in [-0.15, -0.1) is 0 Å². The van der Waals surface area contributed by atoms with Gasteiger partial charge >= 0.3 is 0 Å². The Balaban J connectivity index is 3.53. The lowest BCUT2D eigenvalue weighted by Crippen LogP contribution is -1.92. The van der Waals surface area contributed by atoms with Gasteiger partial charge in [-0.1, -0.05) is 30.3 Å². The van der Waals surface area contributed by atoms with Gasteiger partial charge < -0.3 is 0 Å². The summed E-state index contributed by atoms with van der Waals surface area (Å²) in [5, 5.41) is 35.4. The highest BCUT2D eigenvalue weighted by atomic mass is 14.3. The zero-order valence-electron chi connectivity index (χ0n) is 9.25. The van der Waals surface area contributed by atoms with Gasteiger partial charge in [-0.05, 0) is 5.56 Å². The van der Waals surface area contributed by atoms with Crippen LogP contribution in [0.2, 0.25) is 0 Å². The van der Waals surface area contributed by atoms with Crippen LogP contribution in [-0.2, 0) is 0 Å². The lowest BCUT2D eigenvalue weighted by atomic mass is 9.95. The van der Waals surface area contributed by atoms with Gasteiger partial charge in [0.1, 0.15) is 23.8 Å². The first-order valence-electron chi connectivity index (χ1n) is 4.88. The summed E-state index contributed by atoms with van der Waals surface area (Å²) in [5.41, 5.74) is 0.493. The molecular formula is C14H6N4. The Morgan fingerprint density at radius 2 is 1.50 bits per heavy atom. The Kier molecular flexibility index (Phi) is 4.45. The van der Waals surface area contributed by atoms with Crippen LogP contribution >= 0.6 is 0 Å². The summed E-state index contributed by atoms with van der Waals surface area (Å²) in [6, 6.07) is 15.6. The topological polar surface area (TPSA) is 95.2 Å². The normalized spacial score (nSPS) is 9.22. The molecular weight excluding hydrogens is 224 g/mol. The number of nitrogens with zero attached hydrogens (tertiary/aromatic N) is 4. The van der Waals surface area contributed by atoms with Crippen molar-refractivity contribution in [1.29, 1.82) is 21.0 Å². The Morgan fingerprint density at radius 1 is 0.889 bits per heavy atom. The van der Waals surface area contributed by atoms with E-state index in [0.29, 0.717) is 5.56 Å². The first kappa shape index (κ1) is 12.7. The van der Waals surface area contributed by atoms with Crippen molar-refractivity contribution in [3.05, 3.63) is 53.1 Å². The minimum atomic E-state index is -0.303. The largest absolute Gasteiger partial charge is 0.193 e. The molecule has 4 heteroatoms. The third-order valence-electron chi connectivity index (χ3n) is 2.15. The summed E-state index contributed by atoms with van der Waals surface area (Å²) in [5.74, 6) is 0. The Bertz CT molecular complexity index is 652. The van der Waals surface area contributed by atoms with Gasteiger partial charge in [0.15, 0.2) is 0 Å². The number of allylic oxidation sites excluding steroid dienone is 4. The molecule has 1 rings (SSSR count). The van der Waals surface area contributed by atoms with Crippen LogP contribution in [0, 0.1) is 45.3 Å². The summed E-state index contributed by atoms with van der Waals surface area (Å²) >= 11 is 0. The second-order valence-electron chi connectivity index (χ2n) is 3.14. The van der Waals surface area contributed by atoms with Crippen molar-refractivity contribution >= 4 is 5.57 Å². The molecule has 0 atom stereocenters. The van der Waals surface area contributed by atoms with Crippen molar-refractivity contribution in [3.8, 4) is 24.3 Å². The molecule has 0 bridgehead atoms. The summed E-state index contributed by atoms with van der Waals surface area (Å²) in [4.78, 5) is 0. The fourth-order valence-electron chi connectivity index (χ4n) is 1.37. The Morgan fingerprint density at radius 3 is 1.94 bits per heavy atom. The lowest BCUT2D eigenvalue weighted by Gasteiger charge is -2.04. The smallest absolute Gasteiger partial charge is 0.148 e. The van der Waals surface area contributed by atoms with Gasteiger partial charge in [-0.3, -0.25) is 0 Å². The highest BCUT2D eigenvalue weighted by Gasteiger charge is 2.13. The molecule has 0 aliphatic heterocycles. The third-order valence-corrected chi connectivity index (χ3v) is 2.15. The van der Waals surface area contributed by atoms with Gasteiger partial charge in [0, 0.05) is 11.6 Å². The van der Waals surface area contributed by atoms with Crippen molar-refractivity contribution < 1.29 is 0 Å². The summed E-state index contributed by atoms with van der Waals surface area (Å²) < 4.78 is 0. The second-order valence-corrected chi connectivity index (χ2v) is 3.14. The van der Waals surface area contributed by atoms with Crippen LogP contribution in [0.5, 0.6) is 0 Å². The standard InChI is InChI=1S/C14H6N4/c15-7-6-13(11-4-2-1-3-5-11)14(10-18)12(8-16)9-17/h1-6H. The van der Waals surface area contributed by atoms with Crippen molar-refractivity contribution in [2.75, 3.05) is 0 Å². The number of nitriles is 4. The predicted octanol–water partition coefficient (Wildman–Crippen LogP) is 2.46. The van der Waals surface area contributed by atoms with Crippen LogP contribution in [0.4, 0.5) is 0 Å². The van der Waals surface area contributed by atoms with Crippen molar-refractivity contribution in [2.45, 2.75) is 0 Å². The molecule has 0 spiro atoms. The van der Waals surface area contributed by atoms with Gasteiger partial charge in [0.25, 0.3) is 0 Å². The monoisotopic (exact) mass is 230 g/mol. The molecule has 0 saturated heterocycles. The summed E-state index contributed by atoms with van der Waals surface area (Å²) in [6.07, 6.45) is 1.16. The molecule has 0 aliphatic carbocycles. The number of benzene rings is 1. The van der Waals surface area contributed by atoms with E-state index in [1.54, 1.807) is 48.5 Å². The highest BCUT2D eigenvalue weighted by molar-refractivity contribution is 5.86. The third kappa shape index (κ3) is 2.61. The zero-order chi connectivity index (χ0) is 13.4. The van der Waals surface area contributed by atoms with Crippen LogP contribution < -0.4 is 0 Å². The molecule has 0 aliphatic rings. The molecule has 0 N–H and O–H groups in total. The van der Waals surface area contributed by atoms with E-state index in [1.165, 1.54) is 0 Å². The molecule has 0 radical (unpaired) electrons. The first-order valence-corrected chi connectivity index (χ1v) is 4.88. The summed E-state index contributed by atoms with van der Waals surface area (Å²) in [6.45, 7) is 0. The van der Waals surface area contributed by atoms with Crippen molar-refractivity contribution in [2.24, 2.45) is 0 Å². The van der Waals surface area contributed by atoms with E-state index in [-0.39, 0.29) is 16.7 Å². The second kappa shape index (κ2) is 6.29. The zero-order valence-corrected chi connectivity index (χ0v) is 9.25. The average molecular weight is 230 g/mol. The van der Waals surface area contributed by atoms with Crippen LogP contribution in [0.25, 0.3) is 5.57 Å². The molecule has 18 heavy (non-hydrogen) atoms. The maximum atomic E-state index is 9.06. The lowest BCUT2D eigenvalue weighted by molar-refractivity contribution is 1.42. The molecule has 0 amide bonds. The average Bonchev–Trinajstić information content (AvgIpc) is 2.43. The van der Waals surface area contributed by atoms with E-state index in [0.717, 1.165) is 6.08 Å². The Labute approximate surface area is 105 Å². The van der Waals surface area contributed by atoms with Gasteiger partial charge in [-0.2, -0.15) is 21.0 Å². The quantitative estimate of drug-likeness (QED) is 0.575. The van der Waals surface area contributed by atoms with E-state index in [2.05, 4.69) is 0 Å². The van der Waals surface area contributed by atoms with Gasteiger partial charge in [0.2, 0.25) is 0 Å². The van der Waals surface area contributed by atoms with E-state index < -0.39 is 0 Å². The molecule has 82 valence electrons. The van der Waals surface area contributed by atoms with Gasteiger partial charge in [0.05, 0.1) is 11.6 Å². The van der Waals surface area contributed by atoms with Crippen LogP contribution in [0.3, 0.4) is 0 Å². The number of hydrogen-bond donors (Lipinski definition) is 0. The minimum absolute atomic E-state index is 0.0900. The Hall–Kier alpha value is -3.34. The van der Waals surface area contributed by atoms with Crippen molar-refractivity contribution in [3.63, 3.8) is 0 Å². The molecule has 0 saturated carbocycles. The maximum absolute atomic E-state index is 9.06. The van der Waals surface area contributed by atoms with Crippen LogP contribution in [0.1, 0.15) is 5.56 Å². The molecule has 0 unspecified atom stereocenters. The fourth-order valence-corrected chi connectivity index (χ4v) is 1.37. The number of rotatable bonds is 2. The SMILES string of the molecule is N#CC=C(C(C#N)=C(C#N)C#N)c1ccccc1. The minimum Gasteiger partial charge on any atom is -0.193 e. The molecule has 4 nitrogen and oxygen atoms in total. The van der Waals surface area contributed by atoms with Crippen molar-refractivity contribution in [1.82, 2.24) is 0 Å². The van der Waals surface area contributed by atoms with E-state index in [1.807, 2.05) is 6.07 Å². The number of hydrogen-bond acceptors (Lipinski definition) is 4. The predicted molar refractivity (Wildman–Crippen MR) is 63.9 cm³/mol. The molecule has 1 aromatic rings. The first-order chi connectivity index (χ1) is 8.78. The van der Waals surface area contributed by atoms with E-state index in [4.69, 9.17) is 21.0 Å². The maximum Gasteiger partial charge on any atom is 0.148 e. The molecule has 1 aromatic carbocycles. The van der Waals surface area contributed by atoms with E-state index in [9.17, 15) is 0 Å². The molecule has 0 aromatic heterocycles. The molecule has 0 heterocycles. The van der Waals surface area contributed by atoms with Gasteiger partial charge in [-0.25, -0.2) is 0 Å². The summed E-state index contributed by atoms with van der Waals surface area (Å²) in [7, 11) is 0.